The minimum Gasteiger partial charge on any atom is -0.496 e. The van der Waals surface area contributed by atoms with E-state index >= 15 is 0 Å². The Balaban J connectivity index is 2.90. The Morgan fingerprint density at radius 2 is 2.33 bits per heavy atom. The monoisotopic (exact) mass is 273 g/mol. The molecule has 0 aromatic heterocycles. The van der Waals surface area contributed by atoms with E-state index in [9.17, 15) is 4.79 Å². The predicted octanol–water partition coefficient (Wildman–Crippen LogP) is 1.93. The van der Waals surface area contributed by atoms with Gasteiger partial charge in [-0.1, -0.05) is 6.07 Å². The molecule has 15 heavy (non-hydrogen) atoms. The van der Waals surface area contributed by atoms with Gasteiger partial charge in [0, 0.05) is 6.04 Å². The van der Waals surface area contributed by atoms with E-state index in [4.69, 9.17) is 15.6 Å². The number of hydrogen-bond donors (Lipinski definition) is 2. The Kier molecular flexibility index (Phi) is 4.11. The summed E-state index contributed by atoms with van der Waals surface area (Å²) in [7, 11) is 1.55. The average molecular weight is 274 g/mol. The van der Waals surface area contributed by atoms with E-state index in [0.717, 1.165) is 10.0 Å². The van der Waals surface area contributed by atoms with Crippen molar-refractivity contribution in [2.75, 3.05) is 7.11 Å². The van der Waals surface area contributed by atoms with Crippen LogP contribution >= 0.6 is 15.9 Å². The molecule has 0 saturated heterocycles. The highest BCUT2D eigenvalue weighted by Gasteiger charge is 2.12. The van der Waals surface area contributed by atoms with Crippen LogP contribution in [0.1, 0.15) is 18.0 Å². The molecule has 0 spiro atoms. The Labute approximate surface area is 96.2 Å². The highest BCUT2D eigenvalue weighted by molar-refractivity contribution is 9.10. The van der Waals surface area contributed by atoms with E-state index in [2.05, 4.69) is 15.9 Å². The minimum absolute atomic E-state index is 0.0925. The summed E-state index contributed by atoms with van der Waals surface area (Å²) in [5.74, 6) is -0.266. The first-order valence-electron chi connectivity index (χ1n) is 4.35. The molecule has 3 N–H and O–H groups in total. The van der Waals surface area contributed by atoms with Crippen molar-refractivity contribution in [1.29, 1.82) is 0 Å². The maximum atomic E-state index is 10.5. The van der Waals surface area contributed by atoms with E-state index < -0.39 is 12.0 Å². The van der Waals surface area contributed by atoms with Gasteiger partial charge in [-0.25, -0.2) is 0 Å². The Morgan fingerprint density at radius 1 is 1.67 bits per heavy atom. The normalized spacial score (nSPS) is 12.2. The van der Waals surface area contributed by atoms with Crippen LogP contribution in [0.2, 0.25) is 0 Å². The third-order valence-corrected chi connectivity index (χ3v) is 2.65. The second kappa shape index (κ2) is 5.14. The minimum atomic E-state index is -0.913. The Hall–Kier alpha value is -1.07. The largest absolute Gasteiger partial charge is 0.496 e. The highest BCUT2D eigenvalue weighted by atomic mass is 79.9. The summed E-state index contributed by atoms with van der Waals surface area (Å²) in [5, 5.41) is 8.61. The maximum absolute atomic E-state index is 10.5. The van der Waals surface area contributed by atoms with Gasteiger partial charge in [-0.2, -0.15) is 0 Å². The zero-order valence-corrected chi connectivity index (χ0v) is 9.82. The quantitative estimate of drug-likeness (QED) is 0.880. The van der Waals surface area contributed by atoms with Crippen LogP contribution in [0.3, 0.4) is 0 Å². The van der Waals surface area contributed by atoms with Crippen molar-refractivity contribution >= 4 is 21.9 Å². The molecule has 1 aromatic rings. The van der Waals surface area contributed by atoms with Crippen molar-refractivity contribution in [1.82, 2.24) is 0 Å². The van der Waals surface area contributed by atoms with Crippen LogP contribution in [-0.4, -0.2) is 18.2 Å². The first kappa shape index (κ1) is 12.0. The third-order valence-electron chi connectivity index (χ3n) is 2.00. The first-order valence-corrected chi connectivity index (χ1v) is 5.14. The lowest BCUT2D eigenvalue weighted by atomic mass is 10.0. The topological polar surface area (TPSA) is 72.5 Å². The number of halogens is 1. The predicted molar refractivity (Wildman–Crippen MR) is 59.9 cm³/mol. The molecule has 0 bridgehead atoms. The lowest BCUT2D eigenvalue weighted by Crippen LogP contribution is -2.14. The lowest BCUT2D eigenvalue weighted by molar-refractivity contribution is -0.137. The summed E-state index contributed by atoms with van der Waals surface area (Å²) in [6.07, 6.45) is -0.0925. The number of benzene rings is 1. The number of carbonyl (C=O) groups is 1. The molecule has 5 heteroatoms. The number of methoxy groups -OCH3 is 1. The number of carboxylic acid groups (broad SMARTS) is 1. The lowest BCUT2D eigenvalue weighted by Gasteiger charge is -2.11. The molecule has 0 aliphatic heterocycles. The van der Waals surface area contributed by atoms with E-state index in [1.165, 1.54) is 0 Å². The molecule has 0 aliphatic carbocycles. The van der Waals surface area contributed by atoms with Crippen LogP contribution in [0.15, 0.2) is 22.7 Å². The summed E-state index contributed by atoms with van der Waals surface area (Å²) in [4.78, 5) is 10.5. The van der Waals surface area contributed by atoms with Gasteiger partial charge in [-0.05, 0) is 33.6 Å². The van der Waals surface area contributed by atoms with E-state index in [0.29, 0.717) is 5.75 Å². The van der Waals surface area contributed by atoms with Crippen LogP contribution in [0.25, 0.3) is 0 Å². The highest BCUT2D eigenvalue weighted by Crippen LogP contribution is 2.28. The molecule has 0 saturated carbocycles. The molecule has 1 atom stereocenters. The van der Waals surface area contributed by atoms with Gasteiger partial charge < -0.3 is 15.6 Å². The fourth-order valence-electron chi connectivity index (χ4n) is 1.21. The van der Waals surface area contributed by atoms with Crippen molar-refractivity contribution in [2.24, 2.45) is 5.73 Å². The first-order chi connectivity index (χ1) is 7.04. The van der Waals surface area contributed by atoms with Crippen LogP contribution in [0, 0.1) is 0 Å². The number of carboxylic acids is 1. The van der Waals surface area contributed by atoms with Crippen LogP contribution < -0.4 is 10.5 Å². The molecule has 82 valence electrons. The average Bonchev–Trinajstić information content (AvgIpc) is 2.17. The molecular formula is C10H12BrNO3. The second-order valence-electron chi connectivity index (χ2n) is 3.10. The molecule has 1 aromatic carbocycles. The number of aliphatic carboxylic acids is 1. The van der Waals surface area contributed by atoms with Gasteiger partial charge in [-0.15, -0.1) is 0 Å². The molecular weight excluding hydrogens is 262 g/mol. The second-order valence-corrected chi connectivity index (χ2v) is 3.95. The fraction of sp³-hybridized carbons (Fsp3) is 0.300. The SMILES string of the molecule is COc1cc([C@@H](N)CC(=O)O)ccc1Br. The van der Waals surface area contributed by atoms with Gasteiger partial charge >= 0.3 is 5.97 Å². The molecule has 0 heterocycles. The van der Waals surface area contributed by atoms with Crippen LogP contribution in [0.4, 0.5) is 0 Å². The molecule has 0 aliphatic rings. The Morgan fingerprint density at radius 3 is 2.87 bits per heavy atom. The summed E-state index contributed by atoms with van der Waals surface area (Å²) < 4.78 is 5.91. The molecule has 0 amide bonds. The van der Waals surface area contributed by atoms with Gasteiger partial charge in [-0.3, -0.25) is 4.79 Å². The number of nitrogens with two attached hydrogens (primary N) is 1. The summed E-state index contributed by atoms with van der Waals surface area (Å²) in [5.41, 5.74) is 6.47. The van der Waals surface area contributed by atoms with Gasteiger partial charge in [0.2, 0.25) is 0 Å². The van der Waals surface area contributed by atoms with Gasteiger partial charge in [0.1, 0.15) is 5.75 Å². The summed E-state index contributed by atoms with van der Waals surface area (Å²) in [6, 6.07) is 4.79. The molecule has 1 rings (SSSR count). The Bertz CT molecular complexity index is 368. The summed E-state index contributed by atoms with van der Waals surface area (Å²) in [6.45, 7) is 0. The van der Waals surface area contributed by atoms with Gasteiger partial charge in [0.05, 0.1) is 18.0 Å². The summed E-state index contributed by atoms with van der Waals surface area (Å²) >= 11 is 3.31. The maximum Gasteiger partial charge on any atom is 0.305 e. The smallest absolute Gasteiger partial charge is 0.305 e. The standard InChI is InChI=1S/C10H12BrNO3/c1-15-9-4-6(2-3-7(9)11)8(12)5-10(13)14/h2-4,8H,5,12H2,1H3,(H,13,14)/t8-/m0/s1. The third kappa shape index (κ3) is 3.21. The van der Waals surface area contributed by atoms with Crippen LogP contribution in [-0.2, 0) is 4.79 Å². The van der Waals surface area contributed by atoms with Crippen molar-refractivity contribution in [2.45, 2.75) is 12.5 Å². The van der Waals surface area contributed by atoms with Crippen molar-refractivity contribution in [3.8, 4) is 5.75 Å². The van der Waals surface area contributed by atoms with E-state index in [-0.39, 0.29) is 6.42 Å². The zero-order valence-electron chi connectivity index (χ0n) is 8.24. The number of hydrogen-bond acceptors (Lipinski definition) is 3. The fourth-order valence-corrected chi connectivity index (χ4v) is 1.62. The molecule has 4 nitrogen and oxygen atoms in total. The van der Waals surface area contributed by atoms with Crippen LogP contribution in [0.5, 0.6) is 5.75 Å². The molecule has 0 unspecified atom stereocenters. The van der Waals surface area contributed by atoms with Crippen molar-refractivity contribution in [3.05, 3.63) is 28.2 Å². The van der Waals surface area contributed by atoms with Gasteiger partial charge in [0.15, 0.2) is 0 Å². The van der Waals surface area contributed by atoms with Crippen molar-refractivity contribution in [3.63, 3.8) is 0 Å². The number of rotatable bonds is 4. The van der Waals surface area contributed by atoms with E-state index in [1.54, 1.807) is 25.3 Å². The van der Waals surface area contributed by atoms with Gasteiger partial charge in [0.25, 0.3) is 0 Å². The van der Waals surface area contributed by atoms with Crippen molar-refractivity contribution < 1.29 is 14.6 Å². The van der Waals surface area contributed by atoms with E-state index in [1.807, 2.05) is 0 Å². The number of ether oxygens (including phenoxy) is 1. The zero-order chi connectivity index (χ0) is 11.4. The molecule has 0 radical (unpaired) electrons. The molecule has 0 fully saturated rings.